The van der Waals surface area contributed by atoms with Crippen molar-refractivity contribution in [2.75, 3.05) is 37.7 Å². The molecular weight excluding hydrogens is 328 g/mol. The first kappa shape index (κ1) is 17.1. The first-order valence-corrected chi connectivity index (χ1v) is 9.18. The van der Waals surface area contributed by atoms with Crippen LogP contribution in [0.2, 0.25) is 0 Å². The van der Waals surface area contributed by atoms with Gasteiger partial charge in [-0.15, -0.1) is 0 Å². The summed E-state index contributed by atoms with van der Waals surface area (Å²) in [6.07, 6.45) is 5.58. The van der Waals surface area contributed by atoms with Gasteiger partial charge < -0.3 is 14.4 Å². The zero-order valence-electron chi connectivity index (χ0n) is 15.1. The number of pyridine rings is 2. The largest absolute Gasteiger partial charge is 0.378 e. The first-order chi connectivity index (χ1) is 12.8. The molecule has 2 aliphatic rings. The molecule has 6 heteroatoms. The van der Waals surface area contributed by atoms with E-state index in [0.717, 1.165) is 68.2 Å². The third kappa shape index (κ3) is 3.22. The average Bonchev–Trinajstić information content (AvgIpc) is 3.05. The topological polar surface area (TPSA) is 58.6 Å². The molecule has 0 bridgehead atoms. The third-order valence-electron chi connectivity index (χ3n) is 5.33. The van der Waals surface area contributed by atoms with E-state index in [0.29, 0.717) is 6.54 Å². The number of carbonyl (C=O) groups excluding carboxylic acids is 1. The van der Waals surface area contributed by atoms with Crippen molar-refractivity contribution in [1.82, 2.24) is 14.9 Å². The Balaban J connectivity index is 1.56. The average molecular weight is 352 g/mol. The Morgan fingerprint density at radius 1 is 1.23 bits per heavy atom. The SMILES string of the molecule is Cc1cccnc1CCN1Cc2nccc(N3CCOCC3)c2C1C=O. The van der Waals surface area contributed by atoms with Gasteiger partial charge in [0.25, 0.3) is 0 Å². The van der Waals surface area contributed by atoms with Crippen molar-refractivity contribution in [3.8, 4) is 0 Å². The predicted octanol–water partition coefficient (Wildman–Crippen LogP) is 1.92. The fourth-order valence-corrected chi connectivity index (χ4v) is 3.91. The normalized spacial score (nSPS) is 20.2. The van der Waals surface area contributed by atoms with Gasteiger partial charge in [0.15, 0.2) is 0 Å². The van der Waals surface area contributed by atoms with Crippen molar-refractivity contribution < 1.29 is 9.53 Å². The smallest absolute Gasteiger partial charge is 0.141 e. The first-order valence-electron chi connectivity index (χ1n) is 9.18. The van der Waals surface area contributed by atoms with E-state index in [1.807, 2.05) is 24.5 Å². The van der Waals surface area contributed by atoms with Crippen LogP contribution < -0.4 is 4.90 Å². The molecule has 26 heavy (non-hydrogen) atoms. The zero-order chi connectivity index (χ0) is 17.9. The predicted molar refractivity (Wildman–Crippen MR) is 99.2 cm³/mol. The number of nitrogens with zero attached hydrogens (tertiary/aromatic N) is 4. The molecule has 4 heterocycles. The Morgan fingerprint density at radius 2 is 2.08 bits per heavy atom. The Kier molecular flexibility index (Phi) is 4.95. The summed E-state index contributed by atoms with van der Waals surface area (Å²) in [6.45, 7) is 6.75. The second-order valence-corrected chi connectivity index (χ2v) is 6.86. The highest BCUT2D eigenvalue weighted by Crippen LogP contribution is 2.38. The van der Waals surface area contributed by atoms with E-state index in [1.54, 1.807) is 0 Å². The van der Waals surface area contributed by atoms with Crippen molar-refractivity contribution in [3.63, 3.8) is 0 Å². The number of aromatic nitrogens is 2. The van der Waals surface area contributed by atoms with Crippen LogP contribution in [0, 0.1) is 6.92 Å². The molecule has 0 N–H and O–H groups in total. The molecule has 1 fully saturated rings. The van der Waals surface area contributed by atoms with Crippen LogP contribution in [0.5, 0.6) is 0 Å². The maximum atomic E-state index is 12.0. The van der Waals surface area contributed by atoms with E-state index >= 15 is 0 Å². The minimum absolute atomic E-state index is 0.236. The van der Waals surface area contributed by atoms with Gasteiger partial charge in [-0.25, -0.2) is 0 Å². The highest BCUT2D eigenvalue weighted by atomic mass is 16.5. The molecule has 2 aromatic rings. The molecule has 0 aromatic carbocycles. The van der Waals surface area contributed by atoms with Gasteiger partial charge >= 0.3 is 0 Å². The number of aryl methyl sites for hydroxylation is 1. The maximum absolute atomic E-state index is 12.0. The van der Waals surface area contributed by atoms with E-state index in [9.17, 15) is 4.79 Å². The Bertz CT molecular complexity index is 789. The molecule has 4 rings (SSSR count). The summed E-state index contributed by atoms with van der Waals surface area (Å²) in [5.41, 5.74) is 5.51. The Morgan fingerprint density at radius 3 is 2.85 bits per heavy atom. The van der Waals surface area contributed by atoms with Crippen LogP contribution >= 0.6 is 0 Å². The second kappa shape index (κ2) is 7.51. The highest BCUT2D eigenvalue weighted by molar-refractivity contribution is 5.71. The molecule has 0 radical (unpaired) electrons. The number of aldehydes is 1. The Hall–Kier alpha value is -2.31. The number of fused-ring (bicyclic) bond motifs is 1. The zero-order valence-corrected chi connectivity index (χ0v) is 15.1. The molecule has 0 spiro atoms. The number of hydrogen-bond acceptors (Lipinski definition) is 6. The van der Waals surface area contributed by atoms with Gasteiger partial charge in [-0.3, -0.25) is 14.9 Å². The molecule has 1 unspecified atom stereocenters. The summed E-state index contributed by atoms with van der Waals surface area (Å²) in [7, 11) is 0. The van der Waals surface area contributed by atoms with E-state index in [-0.39, 0.29) is 6.04 Å². The van der Waals surface area contributed by atoms with Gasteiger partial charge in [-0.05, 0) is 24.6 Å². The third-order valence-corrected chi connectivity index (χ3v) is 5.33. The standard InChI is InChI=1S/C20H24N4O2/c1-15-3-2-6-21-16(15)5-8-24-13-17-20(19(24)14-25)18(4-7-22-17)23-9-11-26-12-10-23/h2-4,6-7,14,19H,5,8-13H2,1H3. The number of carbonyl (C=O) groups is 1. The minimum Gasteiger partial charge on any atom is -0.378 e. The summed E-state index contributed by atoms with van der Waals surface area (Å²) in [4.78, 5) is 25.5. The summed E-state index contributed by atoms with van der Waals surface area (Å²) in [6, 6.07) is 5.83. The quantitative estimate of drug-likeness (QED) is 0.767. The van der Waals surface area contributed by atoms with E-state index in [2.05, 4.69) is 32.8 Å². The fraction of sp³-hybridized carbons (Fsp3) is 0.450. The molecule has 0 amide bonds. The molecule has 0 saturated carbocycles. The van der Waals surface area contributed by atoms with Crippen molar-refractivity contribution >= 4 is 12.0 Å². The Labute approximate surface area is 153 Å². The van der Waals surface area contributed by atoms with Crippen LogP contribution in [-0.2, 0) is 22.5 Å². The van der Waals surface area contributed by atoms with Gasteiger partial charge in [0, 0.05) is 61.9 Å². The summed E-state index contributed by atoms with van der Waals surface area (Å²) < 4.78 is 5.47. The molecule has 2 aromatic heterocycles. The summed E-state index contributed by atoms with van der Waals surface area (Å²) in [5, 5.41) is 0. The monoisotopic (exact) mass is 352 g/mol. The lowest BCUT2D eigenvalue weighted by molar-refractivity contribution is -0.112. The molecule has 2 aliphatic heterocycles. The van der Waals surface area contributed by atoms with E-state index in [4.69, 9.17) is 4.74 Å². The highest BCUT2D eigenvalue weighted by Gasteiger charge is 2.34. The molecule has 136 valence electrons. The van der Waals surface area contributed by atoms with Crippen LogP contribution in [0.3, 0.4) is 0 Å². The molecule has 1 saturated heterocycles. The number of morpholine rings is 1. The van der Waals surface area contributed by atoms with Gasteiger partial charge in [-0.2, -0.15) is 0 Å². The van der Waals surface area contributed by atoms with Gasteiger partial charge in [0.2, 0.25) is 0 Å². The molecule has 6 nitrogen and oxygen atoms in total. The van der Waals surface area contributed by atoms with E-state index < -0.39 is 0 Å². The number of hydrogen-bond donors (Lipinski definition) is 0. The maximum Gasteiger partial charge on any atom is 0.141 e. The van der Waals surface area contributed by atoms with Crippen LogP contribution in [-0.4, -0.2) is 54.0 Å². The van der Waals surface area contributed by atoms with Gasteiger partial charge in [0.1, 0.15) is 6.29 Å². The molecule has 1 atom stereocenters. The van der Waals surface area contributed by atoms with Crippen LogP contribution in [0.4, 0.5) is 5.69 Å². The van der Waals surface area contributed by atoms with Gasteiger partial charge in [0.05, 0.1) is 24.9 Å². The van der Waals surface area contributed by atoms with E-state index in [1.165, 1.54) is 5.56 Å². The van der Waals surface area contributed by atoms with Crippen LogP contribution in [0.15, 0.2) is 30.6 Å². The lowest BCUT2D eigenvalue weighted by Gasteiger charge is -2.31. The fourth-order valence-electron chi connectivity index (χ4n) is 3.91. The summed E-state index contributed by atoms with van der Waals surface area (Å²) >= 11 is 0. The summed E-state index contributed by atoms with van der Waals surface area (Å²) in [5.74, 6) is 0. The second-order valence-electron chi connectivity index (χ2n) is 6.86. The van der Waals surface area contributed by atoms with Gasteiger partial charge in [-0.1, -0.05) is 6.07 Å². The lowest BCUT2D eigenvalue weighted by Crippen LogP contribution is -2.37. The minimum atomic E-state index is -0.236. The van der Waals surface area contributed by atoms with Crippen molar-refractivity contribution in [2.24, 2.45) is 0 Å². The molecule has 0 aliphatic carbocycles. The number of rotatable bonds is 5. The van der Waals surface area contributed by atoms with Crippen LogP contribution in [0.1, 0.15) is 28.6 Å². The lowest BCUT2D eigenvalue weighted by atomic mass is 10.1. The molecular formula is C20H24N4O2. The number of ether oxygens (including phenoxy) is 1. The van der Waals surface area contributed by atoms with Crippen LogP contribution in [0.25, 0.3) is 0 Å². The van der Waals surface area contributed by atoms with Crippen molar-refractivity contribution in [3.05, 3.63) is 53.1 Å². The van der Waals surface area contributed by atoms with Crippen molar-refractivity contribution in [2.45, 2.75) is 25.9 Å². The number of anilines is 1. The van der Waals surface area contributed by atoms with Crippen molar-refractivity contribution in [1.29, 1.82) is 0 Å².